The fraction of sp³-hybridized carbons (Fsp3) is 0.816. The molecule has 8 heteroatoms. The Hall–Kier alpha value is -2.03. The van der Waals surface area contributed by atoms with Crippen molar-refractivity contribution in [2.24, 2.45) is 45.3 Å². The molecule has 4 fully saturated rings. The van der Waals surface area contributed by atoms with Crippen molar-refractivity contribution in [2.75, 3.05) is 7.11 Å². The Labute approximate surface area is 276 Å². The van der Waals surface area contributed by atoms with E-state index in [9.17, 15) is 25.1 Å². The summed E-state index contributed by atoms with van der Waals surface area (Å²) >= 11 is 0. The van der Waals surface area contributed by atoms with Gasteiger partial charge in [0.15, 0.2) is 0 Å². The molecule has 0 heterocycles. The molecule has 10 atom stereocenters. The Bertz CT molecular complexity index is 1310. The van der Waals surface area contributed by atoms with E-state index in [4.69, 9.17) is 9.47 Å². The van der Waals surface area contributed by atoms with Crippen LogP contribution in [0, 0.1) is 55.4 Å². The molecule has 0 amide bonds. The molecule has 4 saturated carbocycles. The Morgan fingerprint density at radius 1 is 0.957 bits per heavy atom. The second-order valence-electron chi connectivity index (χ2n) is 17.7. The number of hydrogen-bond acceptors (Lipinski definition) is 7. The van der Waals surface area contributed by atoms with Crippen LogP contribution in [0.15, 0.2) is 24.3 Å². The van der Waals surface area contributed by atoms with Gasteiger partial charge in [-0.3, -0.25) is 10.1 Å². The summed E-state index contributed by atoms with van der Waals surface area (Å²) in [6, 6.07) is 5.64. The third kappa shape index (κ3) is 5.62. The predicted molar refractivity (Wildman–Crippen MR) is 178 cm³/mol. The SMILES string of the molecule is COC(C)(C)CCC[C@@](C)(O)[C@H]1CC[C@]2(C)[C@@H]1[C@H](O)C[C@@H]1[C@@]3(C)CC[C@H](OC(=O)c4ccc([N+](=O)[O-])cc4)C(C)(C)[C@@H]3CC[C@]12C. The number of non-ortho nitro benzene ring substituents is 1. The van der Waals surface area contributed by atoms with Crippen LogP contribution in [-0.4, -0.2) is 51.6 Å². The first kappa shape index (κ1) is 35.3. The van der Waals surface area contributed by atoms with E-state index in [1.165, 1.54) is 24.3 Å². The van der Waals surface area contributed by atoms with Crippen LogP contribution in [0.25, 0.3) is 0 Å². The molecule has 0 radical (unpaired) electrons. The van der Waals surface area contributed by atoms with E-state index in [1.54, 1.807) is 7.11 Å². The molecular formula is C38H59NO7. The summed E-state index contributed by atoms with van der Waals surface area (Å²) in [6.45, 7) is 18.0. The highest BCUT2D eigenvalue weighted by molar-refractivity contribution is 5.89. The van der Waals surface area contributed by atoms with Crippen molar-refractivity contribution in [3.05, 3.63) is 39.9 Å². The number of aliphatic hydroxyl groups excluding tert-OH is 1. The van der Waals surface area contributed by atoms with Gasteiger partial charge in [-0.25, -0.2) is 4.79 Å². The molecule has 8 nitrogen and oxygen atoms in total. The molecule has 0 unspecified atom stereocenters. The van der Waals surface area contributed by atoms with Crippen LogP contribution in [0.4, 0.5) is 5.69 Å². The molecule has 0 bridgehead atoms. The van der Waals surface area contributed by atoms with Crippen molar-refractivity contribution < 1.29 is 29.4 Å². The Morgan fingerprint density at radius 2 is 1.59 bits per heavy atom. The number of rotatable bonds is 9. The number of carbonyl (C=O) groups excluding carboxylic acids is 1. The topological polar surface area (TPSA) is 119 Å². The molecule has 1 aromatic carbocycles. The Morgan fingerprint density at radius 3 is 2.20 bits per heavy atom. The Balaban J connectivity index is 1.34. The molecule has 1 aromatic rings. The molecule has 46 heavy (non-hydrogen) atoms. The highest BCUT2D eigenvalue weighted by Crippen LogP contribution is 2.76. The highest BCUT2D eigenvalue weighted by Gasteiger charge is 2.71. The smallest absolute Gasteiger partial charge is 0.338 e. The van der Waals surface area contributed by atoms with Gasteiger partial charge in [0.05, 0.1) is 27.8 Å². The summed E-state index contributed by atoms with van der Waals surface area (Å²) in [7, 11) is 1.74. The summed E-state index contributed by atoms with van der Waals surface area (Å²) in [6.07, 6.45) is 8.21. The number of esters is 1. The molecule has 4 aliphatic rings. The molecule has 2 N–H and O–H groups in total. The number of fused-ring (bicyclic) bond motifs is 5. The molecule has 4 aliphatic carbocycles. The van der Waals surface area contributed by atoms with Gasteiger partial charge < -0.3 is 19.7 Å². The van der Waals surface area contributed by atoms with Crippen LogP contribution >= 0.6 is 0 Å². The van der Waals surface area contributed by atoms with Gasteiger partial charge in [0, 0.05) is 24.7 Å². The van der Waals surface area contributed by atoms with Crippen molar-refractivity contribution in [3.8, 4) is 0 Å². The normalized spacial score (nSPS) is 39.8. The number of nitro benzene ring substituents is 1. The van der Waals surface area contributed by atoms with Crippen LogP contribution in [0.2, 0.25) is 0 Å². The first-order valence-corrected chi connectivity index (χ1v) is 17.6. The molecule has 0 aromatic heterocycles. The van der Waals surface area contributed by atoms with Gasteiger partial charge in [0.25, 0.3) is 5.69 Å². The lowest BCUT2D eigenvalue weighted by Crippen LogP contribution is -2.66. The largest absolute Gasteiger partial charge is 0.458 e. The minimum Gasteiger partial charge on any atom is -0.458 e. The number of nitrogens with zero attached hydrogens (tertiary/aromatic N) is 1. The molecule has 258 valence electrons. The van der Waals surface area contributed by atoms with Crippen LogP contribution in [-0.2, 0) is 9.47 Å². The van der Waals surface area contributed by atoms with E-state index in [-0.39, 0.29) is 50.9 Å². The third-order valence-electron chi connectivity index (χ3n) is 14.7. The van der Waals surface area contributed by atoms with E-state index in [0.717, 1.165) is 57.8 Å². The van der Waals surface area contributed by atoms with Crippen molar-refractivity contribution in [1.82, 2.24) is 0 Å². The fourth-order valence-corrected chi connectivity index (χ4v) is 11.7. The number of benzene rings is 1. The number of ether oxygens (including phenoxy) is 2. The zero-order valence-electron chi connectivity index (χ0n) is 29.7. The number of hydrogen-bond donors (Lipinski definition) is 2. The van der Waals surface area contributed by atoms with Gasteiger partial charge in [-0.1, -0.05) is 34.6 Å². The van der Waals surface area contributed by atoms with Gasteiger partial charge >= 0.3 is 5.97 Å². The third-order valence-corrected chi connectivity index (χ3v) is 14.7. The maximum Gasteiger partial charge on any atom is 0.338 e. The standard InChI is InChI=1S/C38H59NO7/c1-33(2,45-9)18-10-19-38(8,42)26-15-21-37(7)31(26)27(40)23-29-35(5)20-17-30(34(3,4)28(35)16-22-36(29,37)6)46-32(41)24-11-13-25(14-12-24)39(43)44/h11-14,26-31,40,42H,10,15-23H2,1-9H3/t26-,27+,28-,29+,30-,31-,35-,36+,37+,38+/m0/s1. The quantitative estimate of drug-likeness (QED) is 0.159. The lowest BCUT2D eigenvalue weighted by Gasteiger charge is -2.70. The maximum atomic E-state index is 13.2. The van der Waals surface area contributed by atoms with E-state index >= 15 is 0 Å². The predicted octanol–water partition coefficient (Wildman–Crippen LogP) is 8.12. The van der Waals surface area contributed by atoms with E-state index in [0.29, 0.717) is 23.8 Å². The van der Waals surface area contributed by atoms with Crippen LogP contribution in [0.5, 0.6) is 0 Å². The van der Waals surface area contributed by atoms with Crippen LogP contribution < -0.4 is 0 Å². The molecule has 0 aliphatic heterocycles. The van der Waals surface area contributed by atoms with Crippen LogP contribution in [0.3, 0.4) is 0 Å². The lowest BCUT2D eigenvalue weighted by atomic mass is 9.35. The lowest BCUT2D eigenvalue weighted by molar-refractivity contribution is -0.384. The van der Waals surface area contributed by atoms with Crippen molar-refractivity contribution in [1.29, 1.82) is 0 Å². The summed E-state index contributed by atoms with van der Waals surface area (Å²) < 4.78 is 11.8. The number of methoxy groups -OCH3 is 1. The monoisotopic (exact) mass is 641 g/mol. The second-order valence-corrected chi connectivity index (χ2v) is 17.7. The average molecular weight is 642 g/mol. The fourth-order valence-electron chi connectivity index (χ4n) is 11.7. The number of aliphatic hydroxyl groups is 2. The summed E-state index contributed by atoms with van der Waals surface area (Å²) in [4.78, 5) is 23.8. The molecule has 5 rings (SSSR count). The molecular weight excluding hydrogens is 582 g/mol. The van der Waals surface area contributed by atoms with Gasteiger partial charge in [-0.05, 0) is 137 Å². The van der Waals surface area contributed by atoms with Gasteiger partial charge in [0.2, 0.25) is 0 Å². The number of carbonyl (C=O) groups is 1. The molecule has 0 saturated heterocycles. The minimum absolute atomic E-state index is 0.0198. The zero-order valence-corrected chi connectivity index (χ0v) is 29.7. The zero-order chi connectivity index (χ0) is 34.1. The highest BCUT2D eigenvalue weighted by atomic mass is 16.6. The van der Waals surface area contributed by atoms with Gasteiger partial charge in [0.1, 0.15) is 6.10 Å². The first-order chi connectivity index (χ1) is 21.2. The minimum atomic E-state index is -0.842. The van der Waals surface area contributed by atoms with Crippen LogP contribution in [0.1, 0.15) is 130 Å². The van der Waals surface area contributed by atoms with Gasteiger partial charge in [-0.2, -0.15) is 0 Å². The summed E-state index contributed by atoms with van der Waals surface area (Å²) in [5, 5.41) is 35.1. The van der Waals surface area contributed by atoms with Crippen molar-refractivity contribution >= 4 is 11.7 Å². The van der Waals surface area contributed by atoms with E-state index in [2.05, 4.69) is 48.5 Å². The van der Waals surface area contributed by atoms with E-state index in [1.807, 2.05) is 6.92 Å². The maximum absolute atomic E-state index is 13.2. The average Bonchev–Trinajstić information content (AvgIpc) is 3.36. The molecule has 0 spiro atoms. The number of nitro groups is 1. The second kappa shape index (κ2) is 11.8. The van der Waals surface area contributed by atoms with Gasteiger partial charge in [-0.15, -0.1) is 0 Å². The van der Waals surface area contributed by atoms with Crippen molar-refractivity contribution in [3.63, 3.8) is 0 Å². The van der Waals surface area contributed by atoms with Crippen molar-refractivity contribution in [2.45, 2.75) is 143 Å². The summed E-state index contributed by atoms with van der Waals surface area (Å²) in [5.74, 6) is 0.333. The summed E-state index contributed by atoms with van der Waals surface area (Å²) in [5.41, 5.74) is -1.12. The van der Waals surface area contributed by atoms with E-state index < -0.39 is 22.6 Å². The first-order valence-electron chi connectivity index (χ1n) is 17.6. The Kier molecular flexibility index (Phi) is 9.08.